The van der Waals surface area contributed by atoms with E-state index >= 15 is 0 Å². The lowest BCUT2D eigenvalue weighted by atomic mass is 9.95. The summed E-state index contributed by atoms with van der Waals surface area (Å²) in [7, 11) is 0. The standard InChI is InChI=1S/C26H36N2O10/c1-8-17-21(37-23(30)14(4)5)16(7)36-25(32)18(12-34-24(17)31)28-22(29)19-20(15(6)9-10-27-19)38-26(33)35-11-13(2)3/h9-10,13-14,16-18,21H,8,11-12H2,1-7H3,(H,28,29). The average molecular weight is 537 g/mol. The van der Waals surface area contributed by atoms with Crippen LogP contribution in [-0.4, -0.2) is 66.4 Å². The third kappa shape index (κ3) is 8.15. The lowest BCUT2D eigenvalue weighted by Gasteiger charge is -2.29. The van der Waals surface area contributed by atoms with E-state index in [9.17, 15) is 24.0 Å². The van der Waals surface area contributed by atoms with Gasteiger partial charge in [0.05, 0.1) is 18.4 Å². The van der Waals surface area contributed by atoms with Crippen LogP contribution in [0.3, 0.4) is 0 Å². The Labute approximate surface area is 221 Å². The van der Waals surface area contributed by atoms with Crippen molar-refractivity contribution in [1.29, 1.82) is 0 Å². The molecule has 38 heavy (non-hydrogen) atoms. The molecule has 1 amide bonds. The van der Waals surface area contributed by atoms with Crippen molar-refractivity contribution in [3.8, 4) is 5.75 Å². The molecule has 1 aliphatic heterocycles. The van der Waals surface area contributed by atoms with E-state index in [4.69, 9.17) is 23.7 Å². The second-order valence-corrected chi connectivity index (χ2v) is 9.73. The molecular formula is C26H36N2O10. The smallest absolute Gasteiger partial charge is 0.463 e. The Balaban J connectivity index is 2.25. The van der Waals surface area contributed by atoms with Gasteiger partial charge in [-0.1, -0.05) is 34.6 Å². The minimum atomic E-state index is -1.41. The first-order chi connectivity index (χ1) is 17.8. The fraction of sp³-hybridized carbons (Fsp3) is 0.615. The molecule has 0 radical (unpaired) electrons. The van der Waals surface area contributed by atoms with Crippen LogP contribution in [0.5, 0.6) is 5.75 Å². The molecule has 1 aliphatic rings. The molecule has 4 unspecified atom stereocenters. The highest BCUT2D eigenvalue weighted by molar-refractivity contribution is 5.98. The third-order valence-corrected chi connectivity index (χ3v) is 5.65. The monoisotopic (exact) mass is 536 g/mol. The minimum Gasteiger partial charge on any atom is -0.463 e. The first-order valence-electron chi connectivity index (χ1n) is 12.5. The van der Waals surface area contributed by atoms with Crippen LogP contribution in [0.15, 0.2) is 12.3 Å². The number of amides is 1. The summed E-state index contributed by atoms with van der Waals surface area (Å²) in [5, 5.41) is 2.43. The molecule has 1 aromatic heterocycles. The maximum Gasteiger partial charge on any atom is 0.513 e. The molecular weight excluding hydrogens is 500 g/mol. The number of aromatic nitrogens is 1. The van der Waals surface area contributed by atoms with E-state index < -0.39 is 66.7 Å². The summed E-state index contributed by atoms with van der Waals surface area (Å²) in [5.41, 5.74) is 0.137. The summed E-state index contributed by atoms with van der Waals surface area (Å²) in [6.45, 7) is 11.4. The Morgan fingerprint density at radius 1 is 1.16 bits per heavy atom. The van der Waals surface area contributed by atoms with E-state index in [1.54, 1.807) is 27.7 Å². The normalized spacial score (nSPS) is 21.9. The van der Waals surface area contributed by atoms with E-state index in [2.05, 4.69) is 10.3 Å². The Bertz CT molecular complexity index is 1040. The number of cyclic esters (lactones) is 2. The van der Waals surface area contributed by atoms with Crippen LogP contribution in [0.25, 0.3) is 0 Å². The number of aryl methyl sites for hydroxylation is 1. The average Bonchev–Trinajstić information content (AvgIpc) is 2.88. The number of rotatable bonds is 8. The van der Waals surface area contributed by atoms with Gasteiger partial charge in [-0.15, -0.1) is 0 Å². The van der Waals surface area contributed by atoms with Gasteiger partial charge in [0.1, 0.15) is 12.7 Å². The van der Waals surface area contributed by atoms with Crippen LogP contribution in [-0.2, 0) is 33.3 Å². The lowest BCUT2D eigenvalue weighted by Crippen LogP contribution is -2.47. The maximum absolute atomic E-state index is 13.1. The highest BCUT2D eigenvalue weighted by Crippen LogP contribution is 2.25. The Morgan fingerprint density at radius 3 is 2.45 bits per heavy atom. The van der Waals surface area contributed by atoms with Crippen molar-refractivity contribution in [2.75, 3.05) is 13.2 Å². The molecule has 0 saturated carbocycles. The van der Waals surface area contributed by atoms with E-state index in [-0.39, 0.29) is 30.4 Å². The topological polar surface area (TPSA) is 156 Å². The number of esters is 3. The van der Waals surface area contributed by atoms with Gasteiger partial charge >= 0.3 is 24.1 Å². The van der Waals surface area contributed by atoms with Crippen LogP contribution in [0.2, 0.25) is 0 Å². The van der Waals surface area contributed by atoms with Gasteiger partial charge in [-0.25, -0.2) is 14.6 Å². The second-order valence-electron chi connectivity index (χ2n) is 9.73. The molecule has 0 aliphatic carbocycles. The number of hydrogen-bond acceptors (Lipinski definition) is 11. The summed E-state index contributed by atoms with van der Waals surface area (Å²) >= 11 is 0. The van der Waals surface area contributed by atoms with Gasteiger partial charge in [0.2, 0.25) is 0 Å². The lowest BCUT2D eigenvalue weighted by molar-refractivity contribution is -0.176. The number of nitrogens with zero attached hydrogens (tertiary/aromatic N) is 1. The van der Waals surface area contributed by atoms with Crippen LogP contribution in [0, 0.1) is 24.7 Å². The van der Waals surface area contributed by atoms with Crippen molar-refractivity contribution in [2.24, 2.45) is 17.8 Å². The largest absolute Gasteiger partial charge is 0.513 e. The number of carbonyl (C=O) groups excluding carboxylic acids is 5. The molecule has 2 heterocycles. The predicted molar refractivity (Wildman–Crippen MR) is 132 cm³/mol. The second kappa shape index (κ2) is 13.7. The highest BCUT2D eigenvalue weighted by atomic mass is 16.7. The third-order valence-electron chi connectivity index (χ3n) is 5.65. The Kier molecular flexibility index (Phi) is 11.0. The van der Waals surface area contributed by atoms with Gasteiger partial charge < -0.3 is 29.0 Å². The Hall–Kier alpha value is -3.70. The first-order valence-corrected chi connectivity index (χ1v) is 12.5. The van der Waals surface area contributed by atoms with Gasteiger partial charge in [0, 0.05) is 6.20 Å². The number of hydrogen-bond donors (Lipinski definition) is 1. The molecule has 1 N–H and O–H groups in total. The van der Waals surface area contributed by atoms with Gasteiger partial charge in [-0.05, 0) is 37.8 Å². The summed E-state index contributed by atoms with van der Waals surface area (Å²) < 4.78 is 26.5. The molecule has 2 rings (SSSR count). The van der Waals surface area contributed by atoms with Crippen LogP contribution in [0.1, 0.15) is 64.0 Å². The summed E-state index contributed by atoms with van der Waals surface area (Å²) in [6.07, 6.45) is -1.50. The van der Waals surface area contributed by atoms with Crippen molar-refractivity contribution < 1.29 is 47.7 Å². The molecule has 4 atom stereocenters. The summed E-state index contributed by atoms with van der Waals surface area (Å²) in [5.74, 6) is -4.47. The van der Waals surface area contributed by atoms with Gasteiger partial charge in [-0.3, -0.25) is 14.4 Å². The maximum atomic E-state index is 13.1. The van der Waals surface area contributed by atoms with Gasteiger partial charge in [0.25, 0.3) is 5.91 Å². The zero-order valence-corrected chi connectivity index (χ0v) is 22.8. The van der Waals surface area contributed by atoms with E-state index in [1.807, 2.05) is 13.8 Å². The number of pyridine rings is 1. The van der Waals surface area contributed by atoms with Gasteiger partial charge in [-0.2, -0.15) is 0 Å². The predicted octanol–water partition coefficient (Wildman–Crippen LogP) is 2.74. The van der Waals surface area contributed by atoms with Crippen molar-refractivity contribution in [3.63, 3.8) is 0 Å². The van der Waals surface area contributed by atoms with Crippen LogP contribution >= 0.6 is 0 Å². The highest BCUT2D eigenvalue weighted by Gasteiger charge is 2.41. The van der Waals surface area contributed by atoms with Crippen molar-refractivity contribution in [1.82, 2.24) is 10.3 Å². The fourth-order valence-electron chi connectivity index (χ4n) is 3.49. The first kappa shape index (κ1) is 30.5. The molecule has 0 spiro atoms. The Morgan fingerprint density at radius 2 is 1.84 bits per heavy atom. The zero-order chi connectivity index (χ0) is 28.6. The van der Waals surface area contributed by atoms with Crippen molar-refractivity contribution >= 4 is 30.0 Å². The van der Waals surface area contributed by atoms with Crippen molar-refractivity contribution in [3.05, 3.63) is 23.5 Å². The molecule has 0 aromatic carbocycles. The SMILES string of the molecule is CCC1C(=O)OCC(NC(=O)c2nccc(C)c2OC(=O)OCC(C)C)C(=O)OC(C)C1OC(=O)C(C)C. The van der Waals surface area contributed by atoms with Crippen LogP contribution in [0.4, 0.5) is 4.79 Å². The zero-order valence-electron chi connectivity index (χ0n) is 22.8. The molecule has 210 valence electrons. The quantitative estimate of drug-likeness (QED) is 0.385. The summed E-state index contributed by atoms with van der Waals surface area (Å²) in [4.78, 5) is 67.2. The number of ether oxygens (including phenoxy) is 5. The molecule has 12 heteroatoms. The number of nitrogens with one attached hydrogen (secondary N) is 1. The summed E-state index contributed by atoms with van der Waals surface area (Å²) in [6, 6.07) is 0.122. The molecule has 1 aromatic rings. The molecule has 12 nitrogen and oxygen atoms in total. The molecule has 0 bridgehead atoms. The van der Waals surface area contributed by atoms with Crippen LogP contribution < -0.4 is 10.1 Å². The number of carbonyl (C=O) groups is 5. The fourth-order valence-corrected chi connectivity index (χ4v) is 3.49. The van der Waals surface area contributed by atoms with Gasteiger partial charge in [0.15, 0.2) is 23.6 Å². The van der Waals surface area contributed by atoms with Crippen molar-refractivity contribution in [2.45, 2.75) is 73.1 Å². The molecule has 1 fully saturated rings. The molecule has 1 saturated heterocycles. The van der Waals surface area contributed by atoms with E-state index in [0.717, 1.165) is 0 Å². The minimum absolute atomic E-state index is 0.0700. The van der Waals surface area contributed by atoms with E-state index in [0.29, 0.717) is 5.56 Å². The van der Waals surface area contributed by atoms with E-state index in [1.165, 1.54) is 19.2 Å².